The molecule has 2 N–H and O–H groups in total. The number of aromatic nitrogens is 2. The number of urea groups is 1. The van der Waals surface area contributed by atoms with E-state index in [0.717, 1.165) is 36.4 Å². The third kappa shape index (κ3) is 4.30. The Morgan fingerprint density at radius 1 is 1.40 bits per heavy atom. The molecule has 0 spiro atoms. The van der Waals surface area contributed by atoms with Crippen molar-refractivity contribution in [3.05, 3.63) is 6.20 Å². The summed E-state index contributed by atoms with van der Waals surface area (Å²) < 4.78 is 11.8. The molecule has 1 saturated heterocycles. The molecule has 164 valence electrons. The number of ether oxygens (including phenoxy) is 2. The summed E-state index contributed by atoms with van der Waals surface area (Å²) in [5, 5.41) is 13.6. The van der Waals surface area contributed by atoms with E-state index in [0.29, 0.717) is 42.5 Å². The van der Waals surface area contributed by atoms with E-state index in [1.165, 1.54) is 11.3 Å². The largest absolute Gasteiger partial charge is 0.493 e. The molecule has 0 atom stereocenters. The van der Waals surface area contributed by atoms with Gasteiger partial charge in [0.05, 0.1) is 32.1 Å². The van der Waals surface area contributed by atoms with Crippen LogP contribution in [-0.2, 0) is 4.74 Å². The van der Waals surface area contributed by atoms with Gasteiger partial charge < -0.3 is 24.4 Å². The van der Waals surface area contributed by atoms with Crippen LogP contribution in [0.4, 0.5) is 15.7 Å². The van der Waals surface area contributed by atoms with Crippen LogP contribution in [0, 0.1) is 0 Å². The molecule has 0 aromatic carbocycles. The van der Waals surface area contributed by atoms with Gasteiger partial charge in [-0.2, -0.15) is 0 Å². The van der Waals surface area contributed by atoms with Crippen LogP contribution in [0.25, 0.3) is 10.2 Å². The maximum absolute atomic E-state index is 12.8. The number of morpholine rings is 1. The SMILES string of the molecule is COc1cnc(N2CCOCC2)c2sc(NC(=O)N(C)[C@H]3CC[C@](C)(O)CC3)nc12. The van der Waals surface area contributed by atoms with Gasteiger partial charge in [-0.15, -0.1) is 0 Å². The number of rotatable bonds is 4. The summed E-state index contributed by atoms with van der Waals surface area (Å²) >= 11 is 1.40. The third-order valence-electron chi connectivity index (χ3n) is 6.01. The first-order chi connectivity index (χ1) is 14.4. The van der Waals surface area contributed by atoms with Crippen LogP contribution in [0.15, 0.2) is 6.20 Å². The Labute approximate surface area is 180 Å². The van der Waals surface area contributed by atoms with Crippen LogP contribution in [-0.4, -0.2) is 78.1 Å². The van der Waals surface area contributed by atoms with Crippen LogP contribution in [0.5, 0.6) is 5.75 Å². The molecule has 1 saturated carbocycles. The lowest BCUT2D eigenvalue weighted by Gasteiger charge is -2.37. The van der Waals surface area contributed by atoms with Crippen molar-refractivity contribution in [1.29, 1.82) is 0 Å². The van der Waals surface area contributed by atoms with Crippen molar-refractivity contribution in [2.24, 2.45) is 0 Å². The molecule has 4 rings (SSSR count). The number of nitrogens with one attached hydrogen (secondary N) is 1. The number of pyridine rings is 1. The average molecular weight is 436 g/mol. The third-order valence-corrected chi connectivity index (χ3v) is 6.98. The number of thiazole rings is 1. The summed E-state index contributed by atoms with van der Waals surface area (Å²) in [6, 6.07) is -0.0832. The van der Waals surface area contributed by atoms with Crippen molar-refractivity contribution in [3.63, 3.8) is 0 Å². The van der Waals surface area contributed by atoms with Gasteiger partial charge in [0.1, 0.15) is 16.0 Å². The number of aliphatic hydroxyl groups is 1. The predicted molar refractivity (Wildman–Crippen MR) is 117 cm³/mol. The fraction of sp³-hybridized carbons (Fsp3) is 0.650. The molecule has 9 nitrogen and oxygen atoms in total. The van der Waals surface area contributed by atoms with E-state index < -0.39 is 5.60 Å². The molecule has 2 aromatic rings. The topological polar surface area (TPSA) is 100 Å². The number of fused-ring (bicyclic) bond motifs is 1. The van der Waals surface area contributed by atoms with Crippen molar-refractivity contribution >= 4 is 38.5 Å². The molecular formula is C20H29N5O4S. The van der Waals surface area contributed by atoms with Crippen molar-refractivity contribution < 1.29 is 19.4 Å². The standard InChI is InChI=1S/C20H29N5O4S/c1-20(27)6-4-13(5-7-20)24(2)19(26)23-18-22-15-14(28-3)12-21-17(16(15)30-18)25-8-10-29-11-9-25/h12-13,27H,4-11H2,1-3H3,(H,22,23,26)/t13-,20-. The summed E-state index contributed by atoms with van der Waals surface area (Å²) in [5.74, 6) is 1.43. The molecular weight excluding hydrogens is 406 g/mol. The number of carbonyl (C=O) groups excluding carboxylic acids is 1. The van der Waals surface area contributed by atoms with Crippen molar-refractivity contribution in [2.75, 3.05) is 50.7 Å². The van der Waals surface area contributed by atoms with Gasteiger partial charge in [-0.25, -0.2) is 14.8 Å². The lowest BCUT2D eigenvalue weighted by atomic mass is 9.83. The van der Waals surface area contributed by atoms with E-state index in [4.69, 9.17) is 9.47 Å². The second-order valence-electron chi connectivity index (χ2n) is 8.22. The number of hydrogen-bond donors (Lipinski definition) is 2. The molecule has 0 bridgehead atoms. The molecule has 0 unspecified atom stereocenters. The molecule has 0 radical (unpaired) electrons. The highest BCUT2D eigenvalue weighted by molar-refractivity contribution is 7.23. The average Bonchev–Trinajstić information content (AvgIpc) is 3.16. The maximum atomic E-state index is 12.8. The molecule has 2 aromatic heterocycles. The zero-order valence-electron chi connectivity index (χ0n) is 17.7. The lowest BCUT2D eigenvalue weighted by Crippen LogP contribution is -2.44. The summed E-state index contributed by atoms with van der Waals surface area (Å²) in [5.41, 5.74) is 0.0750. The monoisotopic (exact) mass is 435 g/mol. The van der Waals surface area contributed by atoms with Gasteiger partial charge in [0.15, 0.2) is 10.9 Å². The van der Waals surface area contributed by atoms with Gasteiger partial charge in [0.2, 0.25) is 0 Å². The van der Waals surface area contributed by atoms with E-state index in [1.54, 1.807) is 25.3 Å². The van der Waals surface area contributed by atoms with E-state index in [1.807, 2.05) is 6.92 Å². The summed E-state index contributed by atoms with van der Waals surface area (Å²) in [4.78, 5) is 25.9. The predicted octanol–water partition coefficient (Wildman–Crippen LogP) is 2.69. The first-order valence-corrected chi connectivity index (χ1v) is 11.1. The van der Waals surface area contributed by atoms with Gasteiger partial charge >= 0.3 is 6.03 Å². The smallest absolute Gasteiger partial charge is 0.323 e. The molecule has 3 heterocycles. The van der Waals surface area contributed by atoms with E-state index >= 15 is 0 Å². The highest BCUT2D eigenvalue weighted by atomic mass is 32.1. The Morgan fingerprint density at radius 3 is 2.77 bits per heavy atom. The lowest BCUT2D eigenvalue weighted by molar-refractivity contribution is 0.00419. The van der Waals surface area contributed by atoms with E-state index in [-0.39, 0.29) is 12.1 Å². The number of carbonyl (C=O) groups is 1. The summed E-state index contributed by atoms with van der Waals surface area (Å²) in [6.45, 7) is 4.72. The fourth-order valence-electron chi connectivity index (χ4n) is 4.04. The number of hydrogen-bond acceptors (Lipinski definition) is 8. The normalized spacial score (nSPS) is 24.7. The molecule has 1 aliphatic heterocycles. The molecule has 2 aliphatic rings. The highest BCUT2D eigenvalue weighted by Crippen LogP contribution is 2.38. The number of methoxy groups -OCH3 is 1. The molecule has 10 heteroatoms. The van der Waals surface area contributed by atoms with Crippen LogP contribution in [0.2, 0.25) is 0 Å². The number of nitrogens with zero attached hydrogens (tertiary/aromatic N) is 4. The van der Waals surface area contributed by atoms with E-state index in [9.17, 15) is 9.90 Å². The molecule has 1 aliphatic carbocycles. The van der Waals surface area contributed by atoms with Gasteiger partial charge in [-0.1, -0.05) is 11.3 Å². The summed E-state index contributed by atoms with van der Waals surface area (Å²) in [7, 11) is 3.39. The Bertz CT molecular complexity index is 902. The minimum Gasteiger partial charge on any atom is -0.493 e. The Balaban J connectivity index is 1.53. The molecule has 2 fully saturated rings. The quantitative estimate of drug-likeness (QED) is 0.762. The van der Waals surface area contributed by atoms with Gasteiger partial charge in [-0.3, -0.25) is 5.32 Å². The zero-order valence-corrected chi connectivity index (χ0v) is 18.5. The van der Waals surface area contributed by atoms with Gasteiger partial charge in [0.25, 0.3) is 0 Å². The van der Waals surface area contributed by atoms with E-state index in [2.05, 4.69) is 20.2 Å². The zero-order chi connectivity index (χ0) is 21.3. The number of anilines is 2. The second-order valence-corrected chi connectivity index (χ2v) is 9.21. The fourth-order valence-corrected chi connectivity index (χ4v) is 5.02. The van der Waals surface area contributed by atoms with Gasteiger partial charge in [0, 0.05) is 26.2 Å². The minimum absolute atomic E-state index is 0.111. The van der Waals surface area contributed by atoms with Gasteiger partial charge in [-0.05, 0) is 32.6 Å². The van der Waals surface area contributed by atoms with Crippen LogP contribution in [0.1, 0.15) is 32.6 Å². The summed E-state index contributed by atoms with van der Waals surface area (Å²) in [6.07, 6.45) is 4.65. The Morgan fingerprint density at radius 2 is 2.10 bits per heavy atom. The minimum atomic E-state index is -0.625. The first kappa shape index (κ1) is 21.1. The molecule has 30 heavy (non-hydrogen) atoms. The van der Waals surface area contributed by atoms with Crippen molar-refractivity contribution in [1.82, 2.24) is 14.9 Å². The Kier molecular flexibility index (Phi) is 5.99. The molecule has 2 amide bonds. The van der Waals surface area contributed by atoms with Crippen molar-refractivity contribution in [2.45, 2.75) is 44.2 Å². The van der Waals surface area contributed by atoms with Crippen LogP contribution in [0.3, 0.4) is 0 Å². The Hall–Kier alpha value is -2.17. The first-order valence-electron chi connectivity index (χ1n) is 10.3. The van der Waals surface area contributed by atoms with Crippen LogP contribution >= 0.6 is 11.3 Å². The second kappa shape index (κ2) is 8.52. The number of amides is 2. The highest BCUT2D eigenvalue weighted by Gasteiger charge is 2.32. The van der Waals surface area contributed by atoms with Crippen molar-refractivity contribution in [3.8, 4) is 5.75 Å². The van der Waals surface area contributed by atoms with Crippen LogP contribution < -0.4 is 15.0 Å². The maximum Gasteiger partial charge on any atom is 0.323 e.